The van der Waals surface area contributed by atoms with Crippen LogP contribution in [0.5, 0.6) is 0 Å². The summed E-state index contributed by atoms with van der Waals surface area (Å²) in [6.07, 6.45) is 3.32. The maximum Gasteiger partial charge on any atom is 0.319 e. The van der Waals surface area contributed by atoms with E-state index in [1.165, 1.54) is 0 Å². The number of hydrogen-bond acceptors (Lipinski definition) is 3. The van der Waals surface area contributed by atoms with Crippen LogP contribution in [-0.4, -0.2) is 21.5 Å². The third-order valence-corrected chi connectivity index (χ3v) is 2.71. The van der Waals surface area contributed by atoms with E-state index in [0.29, 0.717) is 11.2 Å². The average Bonchev–Trinajstić information content (AvgIpc) is 2.26. The van der Waals surface area contributed by atoms with Gasteiger partial charge in [-0.15, -0.1) is 0 Å². The van der Waals surface area contributed by atoms with Crippen LogP contribution in [0.1, 0.15) is 20.8 Å². The number of fused-ring (bicyclic) bond motifs is 1. The molecule has 19 heavy (non-hydrogen) atoms. The first kappa shape index (κ1) is 13.7. The zero-order valence-electron chi connectivity index (χ0n) is 11.0. The molecule has 100 valence electrons. The van der Waals surface area contributed by atoms with Gasteiger partial charge in [0.15, 0.2) is 0 Å². The second-order valence-electron chi connectivity index (χ2n) is 5.21. The van der Waals surface area contributed by atoms with E-state index in [4.69, 9.17) is 0 Å². The number of pyridine rings is 2. The molecule has 0 aromatic carbocycles. The van der Waals surface area contributed by atoms with Crippen LogP contribution in [0.15, 0.2) is 29.0 Å². The SMILES string of the molecule is CC(C)(C)NC(=O)Nc1ccnc2cc(Br)cnc12. The fourth-order valence-electron chi connectivity index (χ4n) is 1.60. The Hall–Kier alpha value is -1.69. The number of anilines is 1. The van der Waals surface area contributed by atoms with Gasteiger partial charge in [-0.1, -0.05) is 0 Å². The first-order valence-electron chi connectivity index (χ1n) is 5.84. The normalized spacial score (nSPS) is 11.4. The number of nitrogens with zero attached hydrogens (tertiary/aromatic N) is 2. The molecule has 0 aliphatic carbocycles. The highest BCUT2D eigenvalue weighted by Crippen LogP contribution is 2.21. The monoisotopic (exact) mass is 322 g/mol. The number of urea groups is 1. The Morgan fingerprint density at radius 3 is 2.74 bits per heavy atom. The number of amides is 2. The highest BCUT2D eigenvalue weighted by Gasteiger charge is 2.14. The van der Waals surface area contributed by atoms with Gasteiger partial charge >= 0.3 is 6.03 Å². The molecule has 5 nitrogen and oxygen atoms in total. The van der Waals surface area contributed by atoms with Gasteiger partial charge in [0.1, 0.15) is 5.52 Å². The first-order chi connectivity index (χ1) is 8.85. The molecular formula is C13H15BrN4O. The zero-order valence-corrected chi connectivity index (χ0v) is 12.6. The Kier molecular flexibility index (Phi) is 3.71. The summed E-state index contributed by atoms with van der Waals surface area (Å²) in [5.74, 6) is 0. The number of nitrogens with one attached hydrogen (secondary N) is 2. The molecule has 2 heterocycles. The van der Waals surface area contributed by atoms with E-state index in [-0.39, 0.29) is 11.6 Å². The molecule has 0 spiro atoms. The predicted octanol–water partition coefficient (Wildman–Crippen LogP) is 3.31. The summed E-state index contributed by atoms with van der Waals surface area (Å²) in [6.45, 7) is 5.77. The van der Waals surface area contributed by atoms with Crippen LogP contribution in [0, 0.1) is 0 Å². The fourth-order valence-corrected chi connectivity index (χ4v) is 1.92. The second kappa shape index (κ2) is 5.13. The van der Waals surface area contributed by atoms with Gasteiger partial charge in [-0.3, -0.25) is 9.97 Å². The van der Waals surface area contributed by atoms with Gasteiger partial charge < -0.3 is 10.6 Å². The van der Waals surface area contributed by atoms with E-state index >= 15 is 0 Å². The number of hydrogen-bond donors (Lipinski definition) is 2. The van der Waals surface area contributed by atoms with Crippen molar-refractivity contribution in [3.05, 3.63) is 29.0 Å². The molecule has 0 aliphatic heterocycles. The van der Waals surface area contributed by atoms with Crippen molar-refractivity contribution in [2.75, 3.05) is 5.32 Å². The number of carbonyl (C=O) groups excluding carboxylic acids is 1. The maximum absolute atomic E-state index is 11.9. The minimum atomic E-state index is -0.288. The number of aromatic nitrogens is 2. The van der Waals surface area contributed by atoms with Crippen molar-refractivity contribution in [1.82, 2.24) is 15.3 Å². The van der Waals surface area contributed by atoms with E-state index in [0.717, 1.165) is 9.99 Å². The van der Waals surface area contributed by atoms with E-state index in [1.807, 2.05) is 26.8 Å². The molecule has 0 fully saturated rings. The van der Waals surface area contributed by atoms with Crippen LogP contribution in [0.4, 0.5) is 10.5 Å². The van der Waals surface area contributed by atoms with Gasteiger partial charge in [-0.2, -0.15) is 0 Å². The molecule has 0 radical (unpaired) electrons. The molecule has 2 rings (SSSR count). The van der Waals surface area contributed by atoms with Crippen LogP contribution in [0.2, 0.25) is 0 Å². The minimum Gasteiger partial charge on any atom is -0.333 e. The van der Waals surface area contributed by atoms with Gasteiger partial charge in [-0.25, -0.2) is 4.79 Å². The summed E-state index contributed by atoms with van der Waals surface area (Å²) >= 11 is 3.35. The van der Waals surface area contributed by atoms with Gasteiger partial charge in [0.05, 0.1) is 11.2 Å². The van der Waals surface area contributed by atoms with Gasteiger partial charge in [0.25, 0.3) is 0 Å². The summed E-state index contributed by atoms with van der Waals surface area (Å²) < 4.78 is 0.851. The third-order valence-electron chi connectivity index (χ3n) is 2.28. The molecule has 2 amide bonds. The summed E-state index contributed by atoms with van der Waals surface area (Å²) in [5.41, 5.74) is 1.74. The summed E-state index contributed by atoms with van der Waals surface area (Å²) in [4.78, 5) is 20.4. The van der Waals surface area contributed by atoms with Crippen molar-refractivity contribution >= 4 is 38.7 Å². The van der Waals surface area contributed by atoms with E-state index in [9.17, 15) is 4.79 Å². The lowest BCUT2D eigenvalue weighted by Crippen LogP contribution is -2.43. The van der Waals surface area contributed by atoms with Crippen molar-refractivity contribution in [2.24, 2.45) is 0 Å². The first-order valence-corrected chi connectivity index (χ1v) is 6.64. The molecule has 2 N–H and O–H groups in total. The van der Waals surface area contributed by atoms with E-state index in [1.54, 1.807) is 18.5 Å². The third kappa shape index (κ3) is 3.64. The molecule has 0 aliphatic rings. The van der Waals surface area contributed by atoms with Crippen molar-refractivity contribution < 1.29 is 4.79 Å². The molecule has 0 unspecified atom stereocenters. The average molecular weight is 323 g/mol. The topological polar surface area (TPSA) is 66.9 Å². The fraction of sp³-hybridized carbons (Fsp3) is 0.308. The van der Waals surface area contributed by atoms with E-state index in [2.05, 4.69) is 36.5 Å². The van der Waals surface area contributed by atoms with Crippen molar-refractivity contribution in [1.29, 1.82) is 0 Å². The lowest BCUT2D eigenvalue weighted by atomic mass is 10.1. The second-order valence-corrected chi connectivity index (χ2v) is 6.12. The number of rotatable bonds is 1. The quantitative estimate of drug-likeness (QED) is 0.846. The molecular weight excluding hydrogens is 308 g/mol. The predicted molar refractivity (Wildman–Crippen MR) is 79.1 cm³/mol. The molecule has 0 bridgehead atoms. The number of halogens is 1. The smallest absolute Gasteiger partial charge is 0.319 e. The highest BCUT2D eigenvalue weighted by molar-refractivity contribution is 9.10. The van der Waals surface area contributed by atoms with Crippen molar-refractivity contribution in [3.63, 3.8) is 0 Å². The van der Waals surface area contributed by atoms with Crippen LogP contribution >= 0.6 is 15.9 Å². The van der Waals surface area contributed by atoms with Gasteiger partial charge in [0.2, 0.25) is 0 Å². The largest absolute Gasteiger partial charge is 0.333 e. The van der Waals surface area contributed by atoms with Crippen molar-refractivity contribution in [3.8, 4) is 0 Å². The Morgan fingerprint density at radius 2 is 2.05 bits per heavy atom. The Bertz CT molecular complexity index is 622. The summed E-state index contributed by atoms with van der Waals surface area (Å²) in [6, 6.07) is 3.32. The Labute approximate surface area is 120 Å². The molecule has 6 heteroatoms. The zero-order chi connectivity index (χ0) is 14.0. The van der Waals surface area contributed by atoms with E-state index < -0.39 is 0 Å². The Morgan fingerprint density at radius 1 is 1.32 bits per heavy atom. The van der Waals surface area contributed by atoms with Crippen LogP contribution in [0.25, 0.3) is 11.0 Å². The molecule has 2 aromatic heterocycles. The Balaban J connectivity index is 2.28. The maximum atomic E-state index is 11.9. The van der Waals surface area contributed by atoms with Gasteiger partial charge in [0, 0.05) is 22.4 Å². The van der Waals surface area contributed by atoms with Gasteiger partial charge in [-0.05, 0) is 48.8 Å². The molecule has 0 saturated carbocycles. The summed E-state index contributed by atoms with van der Waals surface area (Å²) in [7, 11) is 0. The standard InChI is InChI=1S/C13H15BrN4O/c1-13(2,3)18-12(19)17-9-4-5-15-10-6-8(14)7-16-11(9)10/h4-7H,1-3H3,(H2,15,17,18,19). The molecule has 0 saturated heterocycles. The minimum absolute atomic E-state index is 0.260. The molecule has 0 atom stereocenters. The lowest BCUT2D eigenvalue weighted by Gasteiger charge is -2.20. The number of carbonyl (C=O) groups is 1. The lowest BCUT2D eigenvalue weighted by molar-refractivity contribution is 0.244. The van der Waals surface area contributed by atoms with Crippen molar-refractivity contribution in [2.45, 2.75) is 26.3 Å². The highest BCUT2D eigenvalue weighted by atomic mass is 79.9. The summed E-state index contributed by atoms with van der Waals surface area (Å²) in [5, 5.41) is 5.63. The van der Waals surface area contributed by atoms with Crippen LogP contribution in [-0.2, 0) is 0 Å². The van der Waals surface area contributed by atoms with Crippen LogP contribution < -0.4 is 10.6 Å². The molecule has 2 aromatic rings. The van der Waals surface area contributed by atoms with Crippen LogP contribution in [0.3, 0.4) is 0 Å².